The molecule has 3 nitrogen and oxygen atoms in total. The first-order chi connectivity index (χ1) is 16.3. The first kappa shape index (κ1) is 28.5. The Morgan fingerprint density at radius 2 is 2.12 bits per heavy atom. The number of amides is 1. The summed E-state index contributed by atoms with van der Waals surface area (Å²) in [7, 11) is 0. The minimum atomic E-state index is -0.165. The first-order valence-corrected chi connectivity index (χ1v) is 13.3. The Labute approximate surface area is 216 Å². The van der Waals surface area contributed by atoms with Gasteiger partial charge in [0.15, 0.2) is 0 Å². The van der Waals surface area contributed by atoms with E-state index in [0.717, 1.165) is 54.8 Å². The van der Waals surface area contributed by atoms with Crippen LogP contribution in [0, 0.1) is 5.92 Å². The second-order valence-corrected chi connectivity index (χ2v) is 10.0. The third kappa shape index (κ3) is 7.62. The summed E-state index contributed by atoms with van der Waals surface area (Å²) in [5.41, 5.74) is 5.34. The monoisotopic (exact) mass is 502 g/mol. The fourth-order valence-corrected chi connectivity index (χ4v) is 5.14. The van der Waals surface area contributed by atoms with E-state index in [4.69, 9.17) is 23.2 Å². The van der Waals surface area contributed by atoms with Gasteiger partial charge < -0.3 is 5.32 Å². The molecule has 4 unspecified atom stereocenters. The van der Waals surface area contributed by atoms with Crippen LogP contribution < -0.4 is 5.32 Å². The number of rotatable bonds is 12. The van der Waals surface area contributed by atoms with Gasteiger partial charge in [0, 0.05) is 35.2 Å². The summed E-state index contributed by atoms with van der Waals surface area (Å²) in [5, 5.41) is 4.55. The number of likely N-dealkylation sites (tertiary alicyclic amines) is 1. The maximum atomic E-state index is 12.7. The molecule has 34 heavy (non-hydrogen) atoms. The zero-order valence-corrected chi connectivity index (χ0v) is 22.6. The molecule has 1 fully saturated rings. The van der Waals surface area contributed by atoms with Gasteiger partial charge in [0.2, 0.25) is 5.91 Å². The zero-order valence-electron chi connectivity index (χ0n) is 21.1. The normalized spacial score (nSPS) is 23.2. The van der Waals surface area contributed by atoms with Crippen LogP contribution in [0.25, 0.3) is 0 Å². The number of unbranched alkanes of at least 4 members (excludes halogenated alkanes) is 1. The van der Waals surface area contributed by atoms with E-state index in [1.165, 1.54) is 0 Å². The molecule has 1 aliphatic heterocycles. The summed E-state index contributed by atoms with van der Waals surface area (Å²) in [6.07, 6.45) is 19.1. The third-order valence-electron chi connectivity index (χ3n) is 6.60. The minimum absolute atomic E-state index is 0.0700. The zero-order chi connectivity index (χ0) is 25.1. The van der Waals surface area contributed by atoms with Crippen LogP contribution in [0.3, 0.4) is 0 Å². The molecule has 1 saturated heterocycles. The average molecular weight is 504 g/mol. The van der Waals surface area contributed by atoms with Crippen molar-refractivity contribution in [3.63, 3.8) is 0 Å². The molecule has 0 saturated carbocycles. The quantitative estimate of drug-likeness (QED) is 0.169. The van der Waals surface area contributed by atoms with Crippen molar-refractivity contribution in [2.75, 3.05) is 6.54 Å². The van der Waals surface area contributed by atoms with Gasteiger partial charge in [-0.1, -0.05) is 87.4 Å². The van der Waals surface area contributed by atoms with E-state index >= 15 is 0 Å². The van der Waals surface area contributed by atoms with Crippen molar-refractivity contribution >= 4 is 29.1 Å². The van der Waals surface area contributed by atoms with Crippen LogP contribution in [0.1, 0.15) is 66.2 Å². The van der Waals surface area contributed by atoms with Crippen molar-refractivity contribution in [3.05, 3.63) is 76.1 Å². The van der Waals surface area contributed by atoms with Gasteiger partial charge in [0.1, 0.15) is 0 Å². The lowest BCUT2D eigenvalue weighted by atomic mass is 9.91. The molecule has 2 aliphatic rings. The number of hydrogen-bond donors (Lipinski definition) is 1. The maximum Gasteiger partial charge on any atom is 0.222 e. The second-order valence-electron chi connectivity index (χ2n) is 9.14. The smallest absolute Gasteiger partial charge is 0.222 e. The summed E-state index contributed by atoms with van der Waals surface area (Å²) in [6.45, 7) is 13.1. The van der Waals surface area contributed by atoms with Gasteiger partial charge in [-0.2, -0.15) is 0 Å². The number of hydrogen-bond acceptors (Lipinski definition) is 2. The second kappa shape index (κ2) is 14.6. The number of allylic oxidation sites excluding steroid dienone is 6. The molecule has 0 aromatic carbocycles. The Balaban J connectivity index is 2.49. The van der Waals surface area contributed by atoms with Gasteiger partial charge in [-0.3, -0.25) is 9.69 Å². The molecule has 186 valence electrons. The number of nitrogens with one attached hydrogen (secondary N) is 1. The van der Waals surface area contributed by atoms with Gasteiger partial charge >= 0.3 is 0 Å². The SMILES string of the molecule is C=C/C=C\C(=C(\Cl)CC)C(C1=C=CC=CC=C1Cl)N1C(C)CCC1CC(C)C(=O)NCCCC. The Morgan fingerprint density at radius 1 is 1.35 bits per heavy atom. The van der Waals surface area contributed by atoms with Gasteiger partial charge in [0.25, 0.3) is 0 Å². The molecule has 1 aliphatic carbocycles. The molecule has 1 N–H and O–H groups in total. The van der Waals surface area contributed by atoms with Gasteiger partial charge in [-0.05, 0) is 56.8 Å². The molecular formula is C29H40Cl2N2O. The van der Waals surface area contributed by atoms with E-state index in [1.54, 1.807) is 6.08 Å². The molecule has 0 aromatic heterocycles. The van der Waals surface area contributed by atoms with Crippen LogP contribution in [0.15, 0.2) is 76.1 Å². The molecule has 2 rings (SSSR count). The van der Waals surface area contributed by atoms with Crippen molar-refractivity contribution in [1.29, 1.82) is 0 Å². The van der Waals surface area contributed by atoms with Crippen molar-refractivity contribution in [2.24, 2.45) is 5.92 Å². The summed E-state index contributed by atoms with van der Waals surface area (Å²) >= 11 is 13.6. The van der Waals surface area contributed by atoms with E-state index in [1.807, 2.05) is 43.4 Å². The standard InChI is InChI=1S/C29H40Cl2N2O/c1-6-9-14-24(26(30)8-3)28(25-15-12-11-13-16-27(25)31)33-22(5)17-18-23(33)20-21(4)29(34)32-19-10-7-2/h6,9,11-14,16,21-23,28H,1,7-8,10,17-20H2,2-5H3,(H,32,34)/b14-9-,26-24-. The number of nitrogens with zero attached hydrogens (tertiary/aromatic N) is 1. The highest BCUT2D eigenvalue weighted by molar-refractivity contribution is 6.32. The summed E-state index contributed by atoms with van der Waals surface area (Å²) in [5.74, 6) is 0.0635. The van der Waals surface area contributed by atoms with Crippen LogP contribution in [0.5, 0.6) is 0 Å². The summed E-state index contributed by atoms with van der Waals surface area (Å²) in [6, 6.07) is 0.380. The Bertz CT molecular complexity index is 905. The van der Waals surface area contributed by atoms with Crippen molar-refractivity contribution in [2.45, 2.75) is 84.3 Å². The van der Waals surface area contributed by atoms with Crippen molar-refractivity contribution in [3.8, 4) is 0 Å². The number of carbonyl (C=O) groups is 1. The van der Waals surface area contributed by atoms with E-state index < -0.39 is 0 Å². The molecule has 1 heterocycles. The molecule has 0 radical (unpaired) electrons. The van der Waals surface area contributed by atoms with E-state index in [-0.39, 0.29) is 23.9 Å². The number of carbonyl (C=O) groups excluding carboxylic acids is 1. The highest BCUT2D eigenvalue weighted by Crippen LogP contribution is 2.40. The fourth-order valence-electron chi connectivity index (χ4n) is 4.75. The van der Waals surface area contributed by atoms with E-state index in [0.29, 0.717) is 17.5 Å². The molecular weight excluding hydrogens is 463 g/mol. The lowest BCUT2D eigenvalue weighted by Crippen LogP contribution is -2.46. The van der Waals surface area contributed by atoms with Crippen LogP contribution in [-0.4, -0.2) is 35.5 Å². The highest BCUT2D eigenvalue weighted by Gasteiger charge is 2.40. The van der Waals surface area contributed by atoms with Crippen LogP contribution in [-0.2, 0) is 4.79 Å². The average Bonchev–Trinajstić information content (AvgIpc) is 3.03. The van der Waals surface area contributed by atoms with Crippen LogP contribution >= 0.6 is 23.2 Å². The van der Waals surface area contributed by atoms with Gasteiger partial charge in [-0.15, -0.1) is 5.73 Å². The number of halogens is 2. The molecule has 4 atom stereocenters. The highest BCUT2D eigenvalue weighted by atomic mass is 35.5. The first-order valence-electron chi connectivity index (χ1n) is 12.6. The Hall–Kier alpha value is -1.77. The molecule has 0 bridgehead atoms. The molecule has 0 spiro atoms. The predicted molar refractivity (Wildman–Crippen MR) is 147 cm³/mol. The van der Waals surface area contributed by atoms with Crippen molar-refractivity contribution in [1.82, 2.24) is 10.2 Å². The summed E-state index contributed by atoms with van der Waals surface area (Å²) < 4.78 is 0. The van der Waals surface area contributed by atoms with Crippen LogP contribution in [0.2, 0.25) is 0 Å². The van der Waals surface area contributed by atoms with Crippen LogP contribution in [0.4, 0.5) is 0 Å². The van der Waals surface area contributed by atoms with Crippen molar-refractivity contribution < 1.29 is 4.79 Å². The predicted octanol–water partition coefficient (Wildman–Crippen LogP) is 7.57. The summed E-state index contributed by atoms with van der Waals surface area (Å²) in [4.78, 5) is 15.3. The molecule has 0 aromatic rings. The Morgan fingerprint density at radius 3 is 2.79 bits per heavy atom. The van der Waals surface area contributed by atoms with E-state index in [2.05, 4.69) is 43.3 Å². The minimum Gasteiger partial charge on any atom is -0.356 e. The van der Waals surface area contributed by atoms with Gasteiger partial charge in [0.05, 0.1) is 11.1 Å². The third-order valence-corrected chi connectivity index (χ3v) is 7.41. The lowest BCUT2D eigenvalue weighted by molar-refractivity contribution is -0.125. The lowest BCUT2D eigenvalue weighted by Gasteiger charge is -2.39. The maximum absolute atomic E-state index is 12.7. The molecule has 5 heteroatoms. The van der Waals surface area contributed by atoms with E-state index in [9.17, 15) is 4.79 Å². The molecule has 1 amide bonds. The Kier molecular flexibility index (Phi) is 12.2. The topological polar surface area (TPSA) is 32.3 Å². The van der Waals surface area contributed by atoms with Gasteiger partial charge in [-0.25, -0.2) is 0 Å². The fraction of sp³-hybridized carbons (Fsp3) is 0.517. The largest absolute Gasteiger partial charge is 0.356 e.